The van der Waals surface area contributed by atoms with Gasteiger partial charge >= 0.3 is 6.09 Å². The number of benzene rings is 1. The number of piperidine rings is 1. The molecule has 0 bridgehead atoms. The highest BCUT2D eigenvalue weighted by Gasteiger charge is 2.24. The minimum atomic E-state index is -0.217. The normalized spacial score (nSPS) is 14.8. The number of halogens is 1. The summed E-state index contributed by atoms with van der Waals surface area (Å²) < 4.78 is 10.9. The summed E-state index contributed by atoms with van der Waals surface area (Å²) in [5.41, 5.74) is 1.11. The molecule has 1 heterocycles. The summed E-state index contributed by atoms with van der Waals surface area (Å²) in [6.07, 6.45) is 1.54. The number of carbonyl (C=O) groups is 1. The molecular weight excluding hydrogens is 495 g/mol. The molecule has 1 fully saturated rings. The number of nitrogens with zero attached hydrogens (tertiary/aromatic N) is 2. The smallest absolute Gasteiger partial charge is 0.409 e. The van der Waals surface area contributed by atoms with E-state index in [0.29, 0.717) is 44.8 Å². The molecule has 1 aromatic carbocycles. The number of carbonyl (C=O) groups excluding carboxylic acids is 1. The molecule has 0 aromatic heterocycles. The highest BCUT2D eigenvalue weighted by molar-refractivity contribution is 14.0. The number of hydrogen-bond acceptors (Lipinski definition) is 4. The topological polar surface area (TPSA) is 75.2 Å². The van der Waals surface area contributed by atoms with E-state index in [4.69, 9.17) is 14.5 Å². The average molecular weight is 532 g/mol. The summed E-state index contributed by atoms with van der Waals surface area (Å²) in [4.78, 5) is 18.3. The van der Waals surface area contributed by atoms with E-state index in [1.54, 1.807) is 4.90 Å². The zero-order chi connectivity index (χ0) is 21.1. The summed E-state index contributed by atoms with van der Waals surface area (Å²) in [6.45, 7) is 12.1. The second-order valence-corrected chi connectivity index (χ2v) is 7.65. The van der Waals surface area contributed by atoms with E-state index >= 15 is 0 Å². The second kappa shape index (κ2) is 14.3. The Hall–Kier alpha value is -1.71. The molecule has 1 aromatic rings. The van der Waals surface area contributed by atoms with Crippen LogP contribution in [0.4, 0.5) is 4.79 Å². The summed E-state index contributed by atoms with van der Waals surface area (Å²) in [5, 5.41) is 6.81. The van der Waals surface area contributed by atoms with Crippen LogP contribution in [0.3, 0.4) is 0 Å². The van der Waals surface area contributed by atoms with Crippen molar-refractivity contribution in [1.29, 1.82) is 0 Å². The maximum Gasteiger partial charge on any atom is 0.409 e. The molecule has 2 N–H and O–H groups in total. The first kappa shape index (κ1) is 26.3. The molecule has 1 amide bonds. The Morgan fingerprint density at radius 2 is 2.00 bits per heavy atom. The molecule has 0 aliphatic carbocycles. The molecule has 1 saturated heterocycles. The van der Waals surface area contributed by atoms with Gasteiger partial charge in [0.15, 0.2) is 5.96 Å². The molecule has 0 unspecified atom stereocenters. The van der Waals surface area contributed by atoms with Crippen molar-refractivity contribution in [3.05, 3.63) is 29.8 Å². The Balaban J connectivity index is 0.00000450. The van der Waals surface area contributed by atoms with E-state index in [2.05, 4.69) is 37.5 Å². The van der Waals surface area contributed by atoms with Crippen molar-refractivity contribution in [2.24, 2.45) is 10.9 Å². The third-order valence-corrected chi connectivity index (χ3v) is 4.61. The Morgan fingerprint density at radius 3 is 2.63 bits per heavy atom. The molecule has 0 radical (unpaired) electrons. The number of likely N-dealkylation sites (tertiary alicyclic amines) is 1. The van der Waals surface area contributed by atoms with Gasteiger partial charge in [0.1, 0.15) is 5.75 Å². The van der Waals surface area contributed by atoms with Crippen LogP contribution in [0.25, 0.3) is 0 Å². The largest absolute Gasteiger partial charge is 0.493 e. The van der Waals surface area contributed by atoms with Gasteiger partial charge in [-0.3, -0.25) is 0 Å². The standard InChI is InChI=1S/C22H36N4O3.HI/c1-5-23-21(25-19-10-12-26(13-11-19)22(27)28-6-2)24-15-18-8-7-9-20(14-18)29-16-17(3)4;/h7-9,14,17,19H,5-6,10-13,15-16H2,1-4H3,(H2,23,24,25);1H. The van der Waals surface area contributed by atoms with E-state index in [1.807, 2.05) is 25.1 Å². The fourth-order valence-electron chi connectivity index (χ4n) is 3.10. The van der Waals surface area contributed by atoms with E-state index in [9.17, 15) is 4.79 Å². The lowest BCUT2D eigenvalue weighted by Gasteiger charge is -2.32. The maximum atomic E-state index is 11.8. The summed E-state index contributed by atoms with van der Waals surface area (Å²) in [6, 6.07) is 8.39. The van der Waals surface area contributed by atoms with Crippen LogP contribution in [-0.4, -0.2) is 55.8 Å². The molecule has 8 heteroatoms. The van der Waals surface area contributed by atoms with Crippen LogP contribution in [0.1, 0.15) is 46.1 Å². The van der Waals surface area contributed by atoms with Crippen molar-refractivity contribution >= 4 is 36.0 Å². The number of rotatable bonds is 8. The zero-order valence-corrected chi connectivity index (χ0v) is 21.0. The molecule has 1 aliphatic rings. The zero-order valence-electron chi connectivity index (χ0n) is 18.6. The molecule has 0 saturated carbocycles. The Kier molecular flexibility index (Phi) is 12.6. The predicted molar refractivity (Wildman–Crippen MR) is 132 cm³/mol. The molecular formula is C22H37IN4O3. The van der Waals surface area contributed by atoms with Crippen LogP contribution < -0.4 is 15.4 Å². The molecule has 0 spiro atoms. The first-order chi connectivity index (χ1) is 14.0. The first-order valence-corrected chi connectivity index (χ1v) is 10.7. The lowest BCUT2D eigenvalue weighted by Crippen LogP contribution is -2.49. The van der Waals surface area contributed by atoms with E-state index in [-0.39, 0.29) is 30.1 Å². The quantitative estimate of drug-likeness (QED) is 0.301. The third kappa shape index (κ3) is 9.40. The van der Waals surface area contributed by atoms with E-state index in [1.165, 1.54) is 0 Å². The van der Waals surface area contributed by atoms with E-state index < -0.39 is 0 Å². The second-order valence-electron chi connectivity index (χ2n) is 7.65. The Bertz CT molecular complexity index is 662. The molecule has 2 rings (SSSR count). The van der Waals surface area contributed by atoms with Gasteiger partial charge in [-0.25, -0.2) is 9.79 Å². The van der Waals surface area contributed by atoms with Gasteiger partial charge < -0.3 is 25.0 Å². The third-order valence-electron chi connectivity index (χ3n) is 4.61. The van der Waals surface area contributed by atoms with E-state index in [0.717, 1.165) is 36.7 Å². The van der Waals surface area contributed by atoms with Gasteiger partial charge in [0, 0.05) is 25.7 Å². The minimum Gasteiger partial charge on any atom is -0.493 e. The number of ether oxygens (including phenoxy) is 2. The maximum absolute atomic E-state index is 11.8. The molecule has 30 heavy (non-hydrogen) atoms. The van der Waals surface area contributed by atoms with Crippen molar-refractivity contribution in [3.63, 3.8) is 0 Å². The van der Waals surface area contributed by atoms with Crippen LogP contribution in [0.5, 0.6) is 5.75 Å². The highest BCUT2D eigenvalue weighted by atomic mass is 127. The van der Waals surface area contributed by atoms with Crippen molar-refractivity contribution in [3.8, 4) is 5.75 Å². The Labute approximate surface area is 198 Å². The van der Waals surface area contributed by atoms with Crippen LogP contribution in [0.15, 0.2) is 29.3 Å². The number of aliphatic imine (C=N–C) groups is 1. The first-order valence-electron chi connectivity index (χ1n) is 10.7. The van der Waals surface area contributed by atoms with Crippen molar-refractivity contribution in [2.45, 2.75) is 53.1 Å². The molecule has 1 aliphatic heterocycles. The van der Waals surface area contributed by atoms with Crippen LogP contribution in [0, 0.1) is 5.92 Å². The van der Waals surface area contributed by atoms with Gasteiger partial charge in [-0.1, -0.05) is 26.0 Å². The van der Waals surface area contributed by atoms with Gasteiger partial charge in [-0.05, 0) is 50.3 Å². The van der Waals surface area contributed by atoms with Crippen LogP contribution >= 0.6 is 24.0 Å². The predicted octanol–water partition coefficient (Wildman–Crippen LogP) is 4.02. The lowest BCUT2D eigenvalue weighted by molar-refractivity contribution is 0.0963. The average Bonchev–Trinajstić information content (AvgIpc) is 2.72. The van der Waals surface area contributed by atoms with Crippen molar-refractivity contribution in [2.75, 3.05) is 32.8 Å². The van der Waals surface area contributed by atoms with Crippen LogP contribution in [-0.2, 0) is 11.3 Å². The number of amides is 1. The summed E-state index contributed by atoms with van der Waals surface area (Å²) in [7, 11) is 0. The summed E-state index contributed by atoms with van der Waals surface area (Å²) >= 11 is 0. The highest BCUT2D eigenvalue weighted by Crippen LogP contribution is 2.15. The van der Waals surface area contributed by atoms with Crippen LogP contribution in [0.2, 0.25) is 0 Å². The van der Waals surface area contributed by atoms with Gasteiger partial charge in [-0.15, -0.1) is 24.0 Å². The van der Waals surface area contributed by atoms with Gasteiger partial charge in [0.2, 0.25) is 0 Å². The fourth-order valence-corrected chi connectivity index (χ4v) is 3.10. The SMILES string of the molecule is CCNC(=NCc1cccc(OCC(C)C)c1)NC1CCN(C(=O)OCC)CC1.I. The van der Waals surface area contributed by atoms with Crippen molar-refractivity contribution < 1.29 is 14.3 Å². The molecule has 7 nitrogen and oxygen atoms in total. The van der Waals surface area contributed by atoms with Gasteiger partial charge in [0.05, 0.1) is 19.8 Å². The fraction of sp³-hybridized carbons (Fsp3) is 0.636. The van der Waals surface area contributed by atoms with Crippen molar-refractivity contribution in [1.82, 2.24) is 15.5 Å². The Morgan fingerprint density at radius 1 is 1.27 bits per heavy atom. The van der Waals surface area contributed by atoms with Gasteiger partial charge in [0.25, 0.3) is 0 Å². The minimum absolute atomic E-state index is 0. The number of hydrogen-bond donors (Lipinski definition) is 2. The number of nitrogens with one attached hydrogen (secondary N) is 2. The monoisotopic (exact) mass is 532 g/mol. The lowest BCUT2D eigenvalue weighted by atomic mass is 10.1. The molecule has 170 valence electrons. The summed E-state index contributed by atoms with van der Waals surface area (Å²) in [5.74, 6) is 2.18. The van der Waals surface area contributed by atoms with Gasteiger partial charge in [-0.2, -0.15) is 0 Å². The molecule has 0 atom stereocenters. The number of guanidine groups is 1.